The van der Waals surface area contributed by atoms with E-state index in [0.29, 0.717) is 18.7 Å². The summed E-state index contributed by atoms with van der Waals surface area (Å²) in [7, 11) is 0. The minimum absolute atomic E-state index is 0.0996. The van der Waals surface area contributed by atoms with Gasteiger partial charge in [0.1, 0.15) is 0 Å². The molecule has 148 valence electrons. The van der Waals surface area contributed by atoms with Crippen molar-refractivity contribution < 1.29 is 19.5 Å². The van der Waals surface area contributed by atoms with Gasteiger partial charge in [-0.25, -0.2) is 15.0 Å². The Morgan fingerprint density at radius 2 is 1.81 bits per heavy atom. The van der Waals surface area contributed by atoms with Crippen LogP contribution in [0.5, 0.6) is 0 Å². The first kappa shape index (κ1) is 21.0. The van der Waals surface area contributed by atoms with E-state index in [1.807, 2.05) is 20.8 Å². The first-order chi connectivity index (χ1) is 12.6. The molecule has 1 aromatic rings. The van der Waals surface area contributed by atoms with E-state index in [9.17, 15) is 19.5 Å². The fourth-order valence-electron chi connectivity index (χ4n) is 3.57. The van der Waals surface area contributed by atoms with E-state index in [1.165, 1.54) is 4.90 Å². The number of amides is 4. The number of carboxylic acid groups (broad SMARTS) is 1. The smallest absolute Gasteiger partial charge is 0.407 e. The third kappa shape index (κ3) is 5.85. The molecule has 27 heavy (non-hydrogen) atoms. The second kappa shape index (κ2) is 8.60. The highest BCUT2D eigenvalue weighted by molar-refractivity contribution is 9.10. The van der Waals surface area contributed by atoms with Crippen LogP contribution in [-0.2, 0) is 4.79 Å². The first-order valence-corrected chi connectivity index (χ1v) is 9.48. The molecular weight excluding hydrogens is 416 g/mol. The van der Waals surface area contributed by atoms with Crippen molar-refractivity contribution in [1.29, 1.82) is 0 Å². The third-order valence-electron chi connectivity index (χ3n) is 4.52. The molecule has 2 atom stereocenters. The van der Waals surface area contributed by atoms with Crippen LogP contribution in [-0.4, -0.2) is 40.6 Å². The molecule has 1 saturated heterocycles. The van der Waals surface area contributed by atoms with E-state index in [-0.39, 0.29) is 29.7 Å². The van der Waals surface area contributed by atoms with Crippen molar-refractivity contribution in [3.63, 3.8) is 0 Å². The number of halogens is 1. The summed E-state index contributed by atoms with van der Waals surface area (Å²) >= 11 is 3.31. The average molecular weight is 441 g/mol. The van der Waals surface area contributed by atoms with Crippen molar-refractivity contribution >= 4 is 39.6 Å². The summed E-state index contributed by atoms with van der Waals surface area (Å²) in [5.41, 5.74) is 5.00. The van der Waals surface area contributed by atoms with Crippen LogP contribution in [0.25, 0.3) is 0 Å². The Morgan fingerprint density at radius 1 is 1.19 bits per heavy atom. The molecular formula is C18H25BrN4O4. The van der Waals surface area contributed by atoms with Crippen molar-refractivity contribution in [2.24, 2.45) is 11.3 Å². The van der Waals surface area contributed by atoms with Gasteiger partial charge in [0.15, 0.2) is 0 Å². The zero-order chi connectivity index (χ0) is 20.2. The summed E-state index contributed by atoms with van der Waals surface area (Å²) in [6, 6.07) is 6.20. The van der Waals surface area contributed by atoms with Crippen LogP contribution in [0.3, 0.4) is 0 Å². The lowest BCUT2D eigenvalue weighted by atomic mass is 9.78. The highest BCUT2D eigenvalue weighted by Gasteiger charge is 2.44. The van der Waals surface area contributed by atoms with Crippen LogP contribution < -0.4 is 16.2 Å². The van der Waals surface area contributed by atoms with Crippen molar-refractivity contribution in [2.75, 3.05) is 11.9 Å². The highest BCUT2D eigenvalue weighted by atomic mass is 79.9. The number of hydrogen-bond acceptors (Lipinski definition) is 3. The monoisotopic (exact) mass is 440 g/mol. The van der Waals surface area contributed by atoms with E-state index in [2.05, 4.69) is 32.1 Å². The van der Waals surface area contributed by atoms with Crippen LogP contribution in [0.1, 0.15) is 33.6 Å². The van der Waals surface area contributed by atoms with Gasteiger partial charge >= 0.3 is 12.1 Å². The van der Waals surface area contributed by atoms with Gasteiger partial charge in [-0.1, -0.05) is 36.7 Å². The number of carbonyl (C=O) groups is 3. The number of benzene rings is 1. The number of rotatable bonds is 3. The van der Waals surface area contributed by atoms with Gasteiger partial charge in [0, 0.05) is 29.2 Å². The molecule has 0 aliphatic carbocycles. The molecule has 1 aliphatic heterocycles. The highest BCUT2D eigenvalue weighted by Crippen LogP contribution is 2.38. The molecule has 0 saturated carbocycles. The second-order valence-electron chi connectivity index (χ2n) is 7.67. The summed E-state index contributed by atoms with van der Waals surface area (Å²) < 4.78 is 0.891. The van der Waals surface area contributed by atoms with Crippen LogP contribution in [0.15, 0.2) is 28.7 Å². The maximum Gasteiger partial charge on any atom is 0.407 e. The molecule has 0 spiro atoms. The molecule has 1 unspecified atom stereocenters. The van der Waals surface area contributed by atoms with Crippen molar-refractivity contribution in [1.82, 2.24) is 15.8 Å². The molecule has 0 radical (unpaired) electrons. The second-order valence-corrected chi connectivity index (χ2v) is 8.59. The van der Waals surface area contributed by atoms with Crippen LogP contribution in [0, 0.1) is 11.3 Å². The van der Waals surface area contributed by atoms with Gasteiger partial charge in [-0.15, -0.1) is 0 Å². The molecule has 1 heterocycles. The maximum absolute atomic E-state index is 12.2. The molecule has 8 nitrogen and oxygen atoms in total. The molecule has 0 aromatic heterocycles. The minimum atomic E-state index is -0.968. The van der Waals surface area contributed by atoms with Gasteiger partial charge in [0.05, 0.1) is 0 Å². The lowest BCUT2D eigenvalue weighted by Gasteiger charge is -2.36. The largest absolute Gasteiger partial charge is 0.465 e. The van der Waals surface area contributed by atoms with Gasteiger partial charge in [0.2, 0.25) is 5.91 Å². The lowest BCUT2D eigenvalue weighted by Crippen LogP contribution is -2.48. The van der Waals surface area contributed by atoms with Crippen molar-refractivity contribution in [3.8, 4) is 0 Å². The van der Waals surface area contributed by atoms with E-state index in [4.69, 9.17) is 0 Å². The van der Waals surface area contributed by atoms with Crippen LogP contribution >= 0.6 is 15.9 Å². The number of hydrogen-bond donors (Lipinski definition) is 4. The third-order valence-corrected chi connectivity index (χ3v) is 5.05. The van der Waals surface area contributed by atoms with E-state index >= 15 is 0 Å². The summed E-state index contributed by atoms with van der Waals surface area (Å²) in [5.74, 6) is -0.454. The summed E-state index contributed by atoms with van der Waals surface area (Å²) in [6.45, 7) is 6.31. The normalized spacial score (nSPS) is 19.5. The Balaban J connectivity index is 1.86. The fourth-order valence-corrected chi connectivity index (χ4v) is 3.83. The minimum Gasteiger partial charge on any atom is -0.465 e. The summed E-state index contributed by atoms with van der Waals surface area (Å²) in [5, 5.41) is 12.0. The molecule has 2 rings (SSSR count). The van der Waals surface area contributed by atoms with Crippen molar-refractivity contribution in [3.05, 3.63) is 28.7 Å². The Hall–Kier alpha value is -2.29. The number of nitrogens with one attached hydrogen (secondary N) is 3. The molecule has 1 fully saturated rings. The zero-order valence-electron chi connectivity index (χ0n) is 15.6. The van der Waals surface area contributed by atoms with Crippen molar-refractivity contribution in [2.45, 2.75) is 39.7 Å². The predicted molar refractivity (Wildman–Crippen MR) is 105 cm³/mol. The molecule has 0 bridgehead atoms. The molecule has 4 amide bonds. The number of anilines is 1. The SMILES string of the molecule is CC(C)(C)C1[C@H](CC(=O)NNC(=O)Nc2ccc(Br)cc2)CCN1C(=O)O. The quantitative estimate of drug-likeness (QED) is 0.539. The summed E-state index contributed by atoms with van der Waals surface area (Å²) in [6.07, 6.45) is -0.207. The Labute approximate surface area is 166 Å². The molecule has 4 N–H and O–H groups in total. The average Bonchev–Trinajstić information content (AvgIpc) is 2.99. The first-order valence-electron chi connectivity index (χ1n) is 8.69. The fraction of sp³-hybridized carbons (Fsp3) is 0.500. The number of likely N-dealkylation sites (tertiary alicyclic amines) is 1. The van der Waals surface area contributed by atoms with Gasteiger partial charge in [0.25, 0.3) is 0 Å². The van der Waals surface area contributed by atoms with Gasteiger partial charge < -0.3 is 15.3 Å². The Kier molecular flexibility index (Phi) is 6.69. The topological polar surface area (TPSA) is 111 Å². The Morgan fingerprint density at radius 3 is 2.37 bits per heavy atom. The lowest BCUT2D eigenvalue weighted by molar-refractivity contribution is -0.123. The molecule has 1 aliphatic rings. The van der Waals surface area contributed by atoms with Gasteiger partial charge in [-0.05, 0) is 42.0 Å². The zero-order valence-corrected chi connectivity index (χ0v) is 17.2. The van der Waals surface area contributed by atoms with E-state index in [1.54, 1.807) is 24.3 Å². The number of hydrazine groups is 1. The predicted octanol–water partition coefficient (Wildman–Crippen LogP) is 3.41. The number of carbonyl (C=O) groups excluding carboxylic acids is 2. The van der Waals surface area contributed by atoms with Gasteiger partial charge in [-0.2, -0.15) is 0 Å². The van der Waals surface area contributed by atoms with E-state index in [0.717, 1.165) is 4.47 Å². The molecule has 9 heteroatoms. The van der Waals surface area contributed by atoms with Crippen LogP contribution in [0.4, 0.5) is 15.3 Å². The maximum atomic E-state index is 12.2. The standard InChI is InChI=1S/C18H25BrN4O4/c1-18(2,3)15-11(8-9-23(15)17(26)27)10-14(24)21-22-16(25)20-13-6-4-12(19)5-7-13/h4-7,11,15H,8-10H2,1-3H3,(H,21,24)(H,26,27)(H2,20,22,25)/t11-,15?/m0/s1. The number of nitrogens with zero attached hydrogens (tertiary/aromatic N) is 1. The van der Waals surface area contributed by atoms with Gasteiger partial charge in [-0.3, -0.25) is 10.2 Å². The molecule has 1 aromatic carbocycles. The summed E-state index contributed by atoms with van der Waals surface area (Å²) in [4.78, 5) is 37.0. The Bertz CT molecular complexity index is 702. The van der Waals surface area contributed by atoms with E-state index < -0.39 is 12.1 Å². The number of urea groups is 1. The van der Waals surface area contributed by atoms with Crippen LogP contribution in [0.2, 0.25) is 0 Å².